The molecule has 4 nitrogen and oxygen atoms in total. The van der Waals surface area contributed by atoms with E-state index in [1.807, 2.05) is 61.6 Å². The van der Waals surface area contributed by atoms with Crippen molar-refractivity contribution in [2.75, 3.05) is 0 Å². The lowest BCUT2D eigenvalue weighted by molar-refractivity contribution is -0.137. The van der Waals surface area contributed by atoms with Gasteiger partial charge in [0.15, 0.2) is 0 Å². The van der Waals surface area contributed by atoms with Gasteiger partial charge in [-0.15, -0.1) is 0 Å². The van der Waals surface area contributed by atoms with E-state index in [-0.39, 0.29) is 24.7 Å². The fourth-order valence-electron chi connectivity index (χ4n) is 2.04. The lowest BCUT2D eigenvalue weighted by Crippen LogP contribution is -1.97. The number of carbonyl (C=O) groups is 1. The highest BCUT2D eigenvalue weighted by molar-refractivity contribution is 5.66. The monoisotopic (exact) mass is 332 g/mol. The Kier molecular flexibility index (Phi) is 10.5. The molecular weight excluding hydrogens is 304 g/mol. The number of epoxide rings is 1. The number of hydrogen-bond acceptors (Lipinski definition) is 3. The van der Waals surface area contributed by atoms with E-state index in [4.69, 9.17) is 9.84 Å². The molecule has 2 N–H and O–H groups in total. The van der Waals surface area contributed by atoms with Crippen LogP contribution in [0.5, 0.6) is 0 Å². The van der Waals surface area contributed by atoms with Crippen LogP contribution in [-0.2, 0) is 9.53 Å². The smallest absolute Gasteiger partial charge is 0.303 e. The normalized spacial score (nSPS) is 22.6. The van der Waals surface area contributed by atoms with Crippen LogP contribution < -0.4 is 0 Å². The SMILES string of the molecule is CC[C@@H](O)/C=C/C=C\C\C=C/C=C/C=C/[C@@H]1O[C@H]1CCCC(=O)O. The van der Waals surface area contributed by atoms with Crippen molar-refractivity contribution < 1.29 is 19.7 Å². The molecule has 1 aliphatic rings. The highest BCUT2D eigenvalue weighted by Gasteiger charge is 2.35. The maximum atomic E-state index is 10.4. The lowest BCUT2D eigenvalue weighted by Gasteiger charge is -1.95. The van der Waals surface area contributed by atoms with Gasteiger partial charge in [-0.25, -0.2) is 0 Å². The second-order valence-corrected chi connectivity index (χ2v) is 5.65. The van der Waals surface area contributed by atoms with Gasteiger partial charge in [0.2, 0.25) is 0 Å². The van der Waals surface area contributed by atoms with Crippen LogP contribution in [0, 0.1) is 0 Å². The third-order valence-electron chi connectivity index (χ3n) is 3.54. The molecule has 0 aliphatic carbocycles. The number of aliphatic carboxylic acids is 1. The topological polar surface area (TPSA) is 70.1 Å². The van der Waals surface area contributed by atoms with Gasteiger partial charge in [0.1, 0.15) is 6.10 Å². The molecule has 1 rings (SSSR count). The first-order chi connectivity index (χ1) is 11.6. The number of aliphatic hydroxyl groups is 1. The minimum Gasteiger partial charge on any atom is -0.481 e. The Morgan fingerprint density at radius 2 is 1.83 bits per heavy atom. The highest BCUT2D eigenvalue weighted by atomic mass is 16.6. The Bertz CT molecular complexity index is 500. The number of aliphatic hydroxyl groups excluding tert-OH is 1. The van der Waals surface area contributed by atoms with Crippen LogP contribution in [0.3, 0.4) is 0 Å². The minimum atomic E-state index is -0.748. The van der Waals surface area contributed by atoms with E-state index >= 15 is 0 Å². The molecule has 0 aromatic heterocycles. The molecule has 0 aromatic rings. The van der Waals surface area contributed by atoms with Crippen molar-refractivity contribution in [3.63, 3.8) is 0 Å². The average Bonchev–Trinajstić information content (AvgIpc) is 3.30. The van der Waals surface area contributed by atoms with Gasteiger partial charge in [0, 0.05) is 6.42 Å². The van der Waals surface area contributed by atoms with Gasteiger partial charge in [0.05, 0.1) is 12.2 Å². The number of hydrogen-bond donors (Lipinski definition) is 2. The van der Waals surface area contributed by atoms with Crippen LogP contribution in [0.4, 0.5) is 0 Å². The van der Waals surface area contributed by atoms with Crippen molar-refractivity contribution in [1.82, 2.24) is 0 Å². The zero-order valence-corrected chi connectivity index (χ0v) is 14.3. The zero-order chi connectivity index (χ0) is 17.6. The zero-order valence-electron chi connectivity index (χ0n) is 14.3. The average molecular weight is 332 g/mol. The largest absolute Gasteiger partial charge is 0.481 e. The highest BCUT2D eigenvalue weighted by Crippen LogP contribution is 2.28. The summed E-state index contributed by atoms with van der Waals surface area (Å²) in [6, 6.07) is 0. The summed E-state index contributed by atoms with van der Waals surface area (Å²) in [5.74, 6) is -0.748. The van der Waals surface area contributed by atoms with Gasteiger partial charge in [-0.3, -0.25) is 4.79 Å². The molecule has 0 spiro atoms. The number of ether oxygens (including phenoxy) is 1. The maximum absolute atomic E-state index is 10.4. The van der Waals surface area contributed by atoms with Crippen molar-refractivity contribution >= 4 is 5.97 Å². The van der Waals surface area contributed by atoms with E-state index < -0.39 is 5.97 Å². The summed E-state index contributed by atoms with van der Waals surface area (Å²) in [5.41, 5.74) is 0. The molecule has 0 unspecified atom stereocenters. The summed E-state index contributed by atoms with van der Waals surface area (Å²) in [6.07, 6.45) is 22.7. The summed E-state index contributed by atoms with van der Waals surface area (Å²) in [6.45, 7) is 1.94. The molecule has 0 amide bonds. The molecule has 0 saturated carbocycles. The molecule has 0 bridgehead atoms. The van der Waals surface area contributed by atoms with Crippen LogP contribution in [0.15, 0.2) is 60.8 Å². The van der Waals surface area contributed by atoms with Gasteiger partial charge in [0.25, 0.3) is 0 Å². The van der Waals surface area contributed by atoms with Gasteiger partial charge >= 0.3 is 5.97 Å². The summed E-state index contributed by atoms with van der Waals surface area (Å²) < 4.78 is 5.44. The molecule has 3 atom stereocenters. The van der Waals surface area contributed by atoms with Crippen LogP contribution >= 0.6 is 0 Å². The molecule has 1 heterocycles. The van der Waals surface area contributed by atoms with Crippen molar-refractivity contribution in [1.29, 1.82) is 0 Å². The van der Waals surface area contributed by atoms with E-state index in [1.165, 1.54) is 0 Å². The van der Waals surface area contributed by atoms with Crippen LogP contribution in [0.25, 0.3) is 0 Å². The molecule has 1 aliphatic heterocycles. The number of allylic oxidation sites excluding steroid dienone is 8. The Labute approximate surface area is 144 Å². The second kappa shape index (κ2) is 12.5. The maximum Gasteiger partial charge on any atom is 0.303 e. The third-order valence-corrected chi connectivity index (χ3v) is 3.54. The molecular formula is C20H28O4. The predicted molar refractivity (Wildman–Crippen MR) is 96.8 cm³/mol. The Balaban J connectivity index is 2.06. The summed E-state index contributed by atoms with van der Waals surface area (Å²) in [7, 11) is 0. The van der Waals surface area contributed by atoms with Crippen LogP contribution in [0.2, 0.25) is 0 Å². The number of carboxylic acid groups (broad SMARTS) is 1. The fourth-order valence-corrected chi connectivity index (χ4v) is 2.04. The summed E-state index contributed by atoms with van der Waals surface area (Å²) in [4.78, 5) is 10.4. The van der Waals surface area contributed by atoms with Crippen molar-refractivity contribution in [2.24, 2.45) is 0 Å². The van der Waals surface area contributed by atoms with E-state index in [2.05, 4.69) is 0 Å². The van der Waals surface area contributed by atoms with E-state index in [9.17, 15) is 9.90 Å². The van der Waals surface area contributed by atoms with Crippen molar-refractivity contribution in [3.8, 4) is 0 Å². The first kappa shape index (κ1) is 20.1. The standard InChI is InChI=1S/C20H28O4/c1-2-17(21)13-10-8-6-4-3-5-7-9-11-14-18-19(24-18)15-12-16-20(22)23/h3,5-11,13-14,17-19,21H,2,4,12,15-16H2,1H3,(H,22,23)/b5-3-,8-6-,9-7+,13-10+,14-11+/t17-,18+,19+/m1/s1. The Hall–Kier alpha value is -1.91. The first-order valence-corrected chi connectivity index (χ1v) is 8.52. The summed E-state index contributed by atoms with van der Waals surface area (Å²) >= 11 is 0. The van der Waals surface area contributed by atoms with Gasteiger partial charge in [-0.1, -0.05) is 67.7 Å². The fraction of sp³-hybridized carbons (Fsp3) is 0.450. The molecule has 1 fully saturated rings. The quantitative estimate of drug-likeness (QED) is 0.419. The van der Waals surface area contributed by atoms with Crippen LogP contribution in [0.1, 0.15) is 39.0 Å². The Morgan fingerprint density at radius 1 is 1.12 bits per heavy atom. The van der Waals surface area contributed by atoms with E-state index in [0.29, 0.717) is 6.42 Å². The van der Waals surface area contributed by atoms with E-state index in [0.717, 1.165) is 19.3 Å². The third kappa shape index (κ3) is 10.8. The summed E-state index contributed by atoms with van der Waals surface area (Å²) in [5, 5.41) is 17.9. The van der Waals surface area contributed by atoms with Gasteiger partial charge in [-0.05, 0) is 25.7 Å². The second-order valence-electron chi connectivity index (χ2n) is 5.65. The Morgan fingerprint density at radius 3 is 2.54 bits per heavy atom. The molecule has 1 saturated heterocycles. The van der Waals surface area contributed by atoms with Crippen molar-refractivity contribution in [3.05, 3.63) is 60.8 Å². The molecule has 0 radical (unpaired) electrons. The molecule has 24 heavy (non-hydrogen) atoms. The van der Waals surface area contributed by atoms with E-state index in [1.54, 1.807) is 6.08 Å². The van der Waals surface area contributed by atoms with Crippen LogP contribution in [-0.4, -0.2) is 34.5 Å². The molecule has 132 valence electrons. The number of rotatable bonds is 12. The first-order valence-electron chi connectivity index (χ1n) is 8.52. The predicted octanol–water partition coefficient (Wildman–Crippen LogP) is 3.95. The molecule has 4 heteroatoms. The van der Waals surface area contributed by atoms with Gasteiger partial charge in [-0.2, -0.15) is 0 Å². The minimum absolute atomic E-state index is 0.139. The van der Waals surface area contributed by atoms with Gasteiger partial charge < -0.3 is 14.9 Å². The molecule has 0 aromatic carbocycles. The lowest BCUT2D eigenvalue weighted by atomic mass is 10.1. The number of carboxylic acids is 1. The van der Waals surface area contributed by atoms with Crippen molar-refractivity contribution in [2.45, 2.75) is 57.3 Å².